The molecule has 0 radical (unpaired) electrons. The number of nitro groups is 1. The standard InChI is InChI=1S/C19H15N3O6/c23-17-15-10-1-2-11(19(10)3-4-19)16(15)18(24)21(17)20-7-9-5-13-14(28-8-27-13)6-12(9)22(25)26/h1-2,5-7,10-11,15-16H,3-4,8H2/b20-7-/t10-,11+,15+,16-. The summed E-state index contributed by atoms with van der Waals surface area (Å²) in [6, 6.07) is 2.69. The molecule has 3 fully saturated rings. The van der Waals surface area contributed by atoms with Crippen molar-refractivity contribution in [3.8, 4) is 11.5 Å². The van der Waals surface area contributed by atoms with Crippen LogP contribution in [-0.2, 0) is 9.59 Å². The first-order chi connectivity index (χ1) is 13.5. The van der Waals surface area contributed by atoms with Crippen LogP contribution in [0.15, 0.2) is 29.4 Å². The molecule has 3 aliphatic carbocycles. The Balaban J connectivity index is 1.33. The van der Waals surface area contributed by atoms with Crippen LogP contribution >= 0.6 is 0 Å². The van der Waals surface area contributed by atoms with E-state index >= 15 is 0 Å². The number of nitrogens with zero attached hydrogens (tertiary/aromatic N) is 3. The molecule has 2 bridgehead atoms. The van der Waals surface area contributed by atoms with Gasteiger partial charge in [0.25, 0.3) is 17.5 Å². The van der Waals surface area contributed by atoms with Crippen LogP contribution in [0.4, 0.5) is 5.69 Å². The van der Waals surface area contributed by atoms with Gasteiger partial charge in [0.1, 0.15) is 0 Å². The third-order valence-corrected chi connectivity index (χ3v) is 6.86. The van der Waals surface area contributed by atoms with Crippen LogP contribution in [0.3, 0.4) is 0 Å². The second-order valence-corrected chi connectivity index (χ2v) is 7.98. The third-order valence-electron chi connectivity index (χ3n) is 6.86. The maximum atomic E-state index is 12.9. The van der Waals surface area contributed by atoms with E-state index < -0.39 is 4.92 Å². The number of hydrogen-bond donors (Lipinski definition) is 0. The molecular formula is C19H15N3O6. The zero-order valence-electron chi connectivity index (χ0n) is 14.6. The van der Waals surface area contributed by atoms with E-state index in [2.05, 4.69) is 17.3 Å². The number of fused-ring (bicyclic) bond motifs is 4. The number of rotatable bonds is 3. The minimum atomic E-state index is -0.563. The van der Waals surface area contributed by atoms with Crippen LogP contribution in [0.25, 0.3) is 0 Å². The summed E-state index contributed by atoms with van der Waals surface area (Å²) >= 11 is 0. The van der Waals surface area contributed by atoms with E-state index in [1.54, 1.807) is 0 Å². The van der Waals surface area contributed by atoms with Crippen LogP contribution in [0, 0.1) is 39.2 Å². The summed E-state index contributed by atoms with van der Waals surface area (Å²) in [4.78, 5) is 36.6. The molecule has 28 heavy (non-hydrogen) atoms. The predicted octanol–water partition coefficient (Wildman–Crippen LogP) is 1.85. The predicted molar refractivity (Wildman–Crippen MR) is 93.4 cm³/mol. The van der Waals surface area contributed by atoms with Crippen molar-refractivity contribution < 1.29 is 24.0 Å². The van der Waals surface area contributed by atoms with Crippen molar-refractivity contribution in [2.24, 2.45) is 34.2 Å². The van der Waals surface area contributed by atoms with Gasteiger partial charge in [-0.15, -0.1) is 0 Å². The minimum absolute atomic E-state index is 0.0168. The van der Waals surface area contributed by atoms with E-state index in [0.717, 1.165) is 17.9 Å². The summed E-state index contributed by atoms with van der Waals surface area (Å²) in [6.07, 6.45) is 7.48. The first kappa shape index (κ1) is 15.8. The van der Waals surface area contributed by atoms with Crippen molar-refractivity contribution >= 4 is 23.7 Å². The Kier molecular flexibility index (Phi) is 2.81. The van der Waals surface area contributed by atoms with Gasteiger partial charge in [0.15, 0.2) is 11.5 Å². The second-order valence-electron chi connectivity index (χ2n) is 7.98. The van der Waals surface area contributed by atoms with Gasteiger partial charge in [-0.25, -0.2) is 0 Å². The van der Waals surface area contributed by atoms with Crippen LogP contribution in [-0.4, -0.2) is 34.8 Å². The molecule has 0 N–H and O–H groups in total. The van der Waals surface area contributed by atoms with E-state index in [9.17, 15) is 19.7 Å². The van der Waals surface area contributed by atoms with E-state index in [0.29, 0.717) is 5.75 Å². The molecule has 2 saturated carbocycles. The van der Waals surface area contributed by atoms with Crippen molar-refractivity contribution in [3.05, 3.63) is 40.0 Å². The van der Waals surface area contributed by atoms with Crippen molar-refractivity contribution in [1.29, 1.82) is 0 Å². The average Bonchev–Trinajstić information content (AvgIpc) is 2.97. The molecule has 4 atom stereocenters. The Morgan fingerprint density at radius 3 is 2.29 bits per heavy atom. The lowest BCUT2D eigenvalue weighted by molar-refractivity contribution is -0.385. The van der Waals surface area contributed by atoms with Crippen molar-refractivity contribution in [3.63, 3.8) is 0 Å². The van der Waals surface area contributed by atoms with Gasteiger partial charge in [0.05, 0.1) is 34.6 Å². The van der Waals surface area contributed by atoms with Gasteiger partial charge < -0.3 is 9.47 Å². The van der Waals surface area contributed by atoms with Crippen LogP contribution in [0.5, 0.6) is 11.5 Å². The van der Waals surface area contributed by atoms with Crippen molar-refractivity contribution in [1.82, 2.24) is 5.01 Å². The molecule has 2 aliphatic heterocycles. The lowest BCUT2D eigenvalue weighted by Gasteiger charge is -2.18. The molecule has 9 nitrogen and oxygen atoms in total. The number of hydrogen-bond acceptors (Lipinski definition) is 7. The summed E-state index contributed by atoms with van der Waals surface area (Å²) < 4.78 is 10.4. The molecule has 1 aromatic carbocycles. The van der Waals surface area contributed by atoms with Gasteiger partial charge in [-0.2, -0.15) is 10.1 Å². The Bertz CT molecular complexity index is 993. The number of nitro benzene ring substituents is 1. The van der Waals surface area contributed by atoms with Gasteiger partial charge in [-0.1, -0.05) is 12.2 Å². The molecule has 0 unspecified atom stereocenters. The first-order valence-corrected chi connectivity index (χ1v) is 9.19. The van der Waals surface area contributed by atoms with E-state index in [4.69, 9.17) is 9.47 Å². The molecule has 1 saturated heterocycles. The van der Waals surface area contributed by atoms with Crippen LogP contribution in [0.1, 0.15) is 18.4 Å². The Morgan fingerprint density at radius 1 is 1.11 bits per heavy atom. The average molecular weight is 381 g/mol. The normalized spacial score (nSPS) is 32.8. The molecule has 2 heterocycles. The highest BCUT2D eigenvalue weighted by molar-refractivity contribution is 6.07. The molecule has 5 aliphatic rings. The van der Waals surface area contributed by atoms with Crippen LogP contribution in [0.2, 0.25) is 0 Å². The van der Waals surface area contributed by atoms with Crippen LogP contribution < -0.4 is 9.47 Å². The van der Waals surface area contributed by atoms with Gasteiger partial charge >= 0.3 is 0 Å². The molecule has 6 rings (SSSR count). The van der Waals surface area contributed by atoms with Crippen molar-refractivity contribution in [2.75, 3.05) is 6.79 Å². The second kappa shape index (κ2) is 4.98. The summed E-state index contributed by atoms with van der Waals surface area (Å²) in [5.41, 5.74) is 0.0321. The summed E-state index contributed by atoms with van der Waals surface area (Å²) in [7, 11) is 0. The fourth-order valence-corrected chi connectivity index (χ4v) is 5.50. The van der Waals surface area contributed by atoms with Gasteiger partial charge in [0.2, 0.25) is 6.79 Å². The fourth-order valence-electron chi connectivity index (χ4n) is 5.50. The minimum Gasteiger partial charge on any atom is -0.454 e. The van der Waals surface area contributed by atoms with E-state index in [1.807, 2.05) is 0 Å². The highest BCUT2D eigenvalue weighted by Crippen LogP contribution is 2.73. The summed E-state index contributed by atoms with van der Waals surface area (Å²) in [6.45, 7) is -0.0168. The van der Waals surface area contributed by atoms with E-state index in [1.165, 1.54) is 18.3 Å². The lowest BCUT2D eigenvalue weighted by atomic mass is 9.85. The van der Waals surface area contributed by atoms with Gasteiger partial charge in [-0.05, 0) is 36.2 Å². The number of allylic oxidation sites excluding steroid dienone is 2. The Labute approximate surface area is 158 Å². The number of amides is 2. The Hall–Kier alpha value is -3.23. The maximum Gasteiger partial charge on any atom is 0.282 e. The quantitative estimate of drug-likeness (QED) is 0.260. The van der Waals surface area contributed by atoms with Gasteiger partial charge in [0, 0.05) is 0 Å². The number of imide groups is 1. The number of carbonyl (C=O) groups excluding carboxylic acids is 2. The monoisotopic (exact) mass is 381 g/mol. The SMILES string of the molecule is O=C1[C@@H]2[C@H](C(=O)N1/N=C\c1cc3c(cc1[N+](=O)[O-])OCO3)[C@@H]1C=C[C@H]2C12CC2. The zero-order valence-corrected chi connectivity index (χ0v) is 14.6. The number of ether oxygens (including phenoxy) is 2. The highest BCUT2D eigenvalue weighted by Gasteiger charge is 2.73. The fraction of sp³-hybridized carbons (Fsp3) is 0.421. The Morgan fingerprint density at radius 2 is 1.71 bits per heavy atom. The number of carbonyl (C=O) groups is 2. The molecule has 1 aromatic rings. The maximum absolute atomic E-state index is 12.9. The zero-order chi connectivity index (χ0) is 19.2. The molecule has 9 heteroatoms. The topological polar surface area (TPSA) is 111 Å². The summed E-state index contributed by atoms with van der Waals surface area (Å²) in [5.74, 6) is -0.457. The number of hydrazone groups is 1. The highest BCUT2D eigenvalue weighted by atomic mass is 16.7. The molecule has 2 amide bonds. The third kappa shape index (κ3) is 1.78. The molecule has 142 valence electrons. The van der Waals surface area contributed by atoms with Gasteiger partial charge in [-0.3, -0.25) is 19.7 Å². The molecule has 1 spiro atoms. The summed E-state index contributed by atoms with van der Waals surface area (Å²) in [5, 5.41) is 16.3. The smallest absolute Gasteiger partial charge is 0.282 e. The number of benzene rings is 1. The molecular weight excluding hydrogens is 366 g/mol. The molecule has 0 aromatic heterocycles. The first-order valence-electron chi connectivity index (χ1n) is 9.19. The van der Waals surface area contributed by atoms with Crippen molar-refractivity contribution in [2.45, 2.75) is 12.8 Å². The lowest BCUT2D eigenvalue weighted by Crippen LogP contribution is -2.30. The van der Waals surface area contributed by atoms with E-state index in [-0.39, 0.29) is 64.7 Å². The largest absolute Gasteiger partial charge is 0.454 e.